The zero-order valence-electron chi connectivity index (χ0n) is 12.8. The molecule has 0 amide bonds. The molecule has 2 rings (SSSR count). The fourth-order valence-corrected chi connectivity index (χ4v) is 3.98. The Morgan fingerprint density at radius 3 is 2.52 bits per heavy atom. The van der Waals surface area contributed by atoms with Crippen LogP contribution in [0.4, 0.5) is 0 Å². The summed E-state index contributed by atoms with van der Waals surface area (Å²) < 4.78 is 29.3. The van der Waals surface area contributed by atoms with Crippen molar-refractivity contribution >= 4 is 9.84 Å². The zero-order valence-corrected chi connectivity index (χ0v) is 13.6. The molecule has 1 saturated carbocycles. The molecule has 5 heteroatoms. The summed E-state index contributed by atoms with van der Waals surface area (Å²) in [4.78, 5) is 0. The number of sulfone groups is 1. The lowest BCUT2D eigenvalue weighted by atomic mass is 9.97. The van der Waals surface area contributed by atoms with Crippen molar-refractivity contribution in [3.63, 3.8) is 0 Å². The van der Waals surface area contributed by atoms with Crippen molar-refractivity contribution in [1.29, 1.82) is 0 Å². The lowest BCUT2D eigenvalue weighted by molar-refractivity contribution is 0.156. The van der Waals surface area contributed by atoms with Crippen molar-refractivity contribution in [2.45, 2.75) is 56.4 Å². The highest BCUT2D eigenvalue weighted by Gasteiger charge is 2.29. The van der Waals surface area contributed by atoms with Crippen LogP contribution in [-0.2, 0) is 9.84 Å². The number of hydrogen-bond donors (Lipinski definition) is 1. The van der Waals surface area contributed by atoms with Gasteiger partial charge in [-0.05, 0) is 43.4 Å². The molecule has 3 atom stereocenters. The SMILES string of the molecule is CCC(N)c1ccc(OC2CCCC(S(C)(=O)=O)C2)cc1. The highest BCUT2D eigenvalue weighted by molar-refractivity contribution is 7.91. The first kappa shape index (κ1) is 16.3. The second kappa shape index (κ2) is 6.79. The molecule has 1 aromatic carbocycles. The number of benzene rings is 1. The quantitative estimate of drug-likeness (QED) is 0.908. The van der Waals surface area contributed by atoms with E-state index >= 15 is 0 Å². The summed E-state index contributed by atoms with van der Waals surface area (Å²) in [5.41, 5.74) is 7.09. The topological polar surface area (TPSA) is 69.4 Å². The first-order valence-corrected chi connectivity index (χ1v) is 9.56. The van der Waals surface area contributed by atoms with E-state index in [1.165, 1.54) is 6.26 Å². The van der Waals surface area contributed by atoms with Gasteiger partial charge in [0.1, 0.15) is 15.6 Å². The first-order valence-electron chi connectivity index (χ1n) is 7.61. The maximum atomic E-state index is 11.7. The molecule has 1 fully saturated rings. The minimum Gasteiger partial charge on any atom is -0.490 e. The monoisotopic (exact) mass is 311 g/mol. The van der Waals surface area contributed by atoms with Gasteiger partial charge in [0, 0.05) is 18.7 Å². The van der Waals surface area contributed by atoms with Gasteiger partial charge < -0.3 is 10.5 Å². The molecule has 1 aromatic rings. The van der Waals surface area contributed by atoms with E-state index in [9.17, 15) is 8.42 Å². The molecule has 2 N–H and O–H groups in total. The van der Waals surface area contributed by atoms with Crippen LogP contribution in [0.15, 0.2) is 24.3 Å². The molecule has 0 radical (unpaired) electrons. The van der Waals surface area contributed by atoms with Gasteiger partial charge in [0.25, 0.3) is 0 Å². The first-order chi connectivity index (χ1) is 9.90. The molecule has 1 aliphatic rings. The van der Waals surface area contributed by atoms with Crippen molar-refractivity contribution in [2.75, 3.05) is 6.26 Å². The second-order valence-electron chi connectivity index (χ2n) is 5.94. The number of nitrogens with two attached hydrogens (primary N) is 1. The van der Waals surface area contributed by atoms with Crippen LogP contribution in [0.1, 0.15) is 50.6 Å². The Hall–Kier alpha value is -1.07. The lowest BCUT2D eigenvalue weighted by Crippen LogP contribution is -2.33. The third kappa shape index (κ3) is 4.45. The summed E-state index contributed by atoms with van der Waals surface area (Å²) in [6.07, 6.45) is 5.38. The molecule has 0 spiro atoms. The minimum atomic E-state index is -2.97. The van der Waals surface area contributed by atoms with E-state index in [0.29, 0.717) is 6.42 Å². The Morgan fingerprint density at radius 1 is 1.29 bits per heavy atom. The lowest BCUT2D eigenvalue weighted by Gasteiger charge is -2.28. The normalized spacial score (nSPS) is 24.5. The van der Waals surface area contributed by atoms with Crippen LogP contribution < -0.4 is 10.5 Å². The highest BCUT2D eigenvalue weighted by atomic mass is 32.2. The van der Waals surface area contributed by atoms with Crippen LogP contribution in [0.5, 0.6) is 5.75 Å². The van der Waals surface area contributed by atoms with Gasteiger partial charge in [0.2, 0.25) is 0 Å². The Labute approximate surface area is 127 Å². The van der Waals surface area contributed by atoms with E-state index in [0.717, 1.165) is 37.0 Å². The summed E-state index contributed by atoms with van der Waals surface area (Å²) in [5, 5.41) is -0.260. The van der Waals surface area contributed by atoms with Crippen LogP contribution in [0, 0.1) is 0 Å². The fraction of sp³-hybridized carbons (Fsp3) is 0.625. The minimum absolute atomic E-state index is 0.0100. The molecule has 21 heavy (non-hydrogen) atoms. The molecule has 3 unspecified atom stereocenters. The van der Waals surface area contributed by atoms with Gasteiger partial charge in [-0.1, -0.05) is 19.1 Å². The van der Waals surface area contributed by atoms with Gasteiger partial charge >= 0.3 is 0 Å². The molecule has 118 valence electrons. The molecule has 0 heterocycles. The molecule has 0 aromatic heterocycles. The fourth-order valence-electron chi connectivity index (χ4n) is 2.82. The van der Waals surface area contributed by atoms with Gasteiger partial charge in [0.05, 0.1) is 11.4 Å². The number of ether oxygens (including phenoxy) is 1. The Kier molecular flexibility index (Phi) is 5.27. The van der Waals surface area contributed by atoms with Crippen LogP contribution in [0.2, 0.25) is 0 Å². The molecule has 0 saturated heterocycles. The van der Waals surface area contributed by atoms with Crippen LogP contribution >= 0.6 is 0 Å². The third-order valence-corrected chi connectivity index (χ3v) is 5.87. The summed E-state index contributed by atoms with van der Waals surface area (Å²) >= 11 is 0. The molecular formula is C16H25NO3S. The van der Waals surface area contributed by atoms with Crippen molar-refractivity contribution in [3.8, 4) is 5.75 Å². The van der Waals surface area contributed by atoms with Crippen LogP contribution in [0.3, 0.4) is 0 Å². The van der Waals surface area contributed by atoms with E-state index in [1.807, 2.05) is 24.3 Å². The van der Waals surface area contributed by atoms with Crippen LogP contribution in [0.25, 0.3) is 0 Å². The molecule has 0 bridgehead atoms. The van der Waals surface area contributed by atoms with Crippen molar-refractivity contribution in [3.05, 3.63) is 29.8 Å². The Bertz CT molecular complexity index is 553. The van der Waals surface area contributed by atoms with Gasteiger partial charge in [-0.25, -0.2) is 8.42 Å². The molecule has 4 nitrogen and oxygen atoms in total. The van der Waals surface area contributed by atoms with Gasteiger partial charge in [-0.3, -0.25) is 0 Å². The van der Waals surface area contributed by atoms with Crippen molar-refractivity contribution < 1.29 is 13.2 Å². The predicted octanol–water partition coefficient (Wildman–Crippen LogP) is 2.83. The van der Waals surface area contributed by atoms with Gasteiger partial charge in [0.15, 0.2) is 0 Å². The van der Waals surface area contributed by atoms with Crippen LogP contribution in [-0.4, -0.2) is 26.0 Å². The average Bonchev–Trinajstić information content (AvgIpc) is 2.47. The highest BCUT2D eigenvalue weighted by Crippen LogP contribution is 2.28. The summed E-state index contributed by atoms with van der Waals surface area (Å²) in [6, 6.07) is 7.88. The van der Waals surface area contributed by atoms with Gasteiger partial charge in [-0.15, -0.1) is 0 Å². The van der Waals surface area contributed by atoms with Gasteiger partial charge in [-0.2, -0.15) is 0 Å². The zero-order chi connectivity index (χ0) is 15.5. The molecule has 0 aliphatic heterocycles. The largest absolute Gasteiger partial charge is 0.490 e. The smallest absolute Gasteiger partial charge is 0.150 e. The van der Waals surface area contributed by atoms with E-state index < -0.39 is 9.84 Å². The maximum Gasteiger partial charge on any atom is 0.150 e. The standard InChI is InChI=1S/C16H25NO3S/c1-3-16(17)12-7-9-13(10-8-12)20-14-5-4-6-15(11-14)21(2,18)19/h7-10,14-16H,3-6,11,17H2,1-2H3. The second-order valence-corrected chi connectivity index (χ2v) is 8.27. The Morgan fingerprint density at radius 2 is 1.95 bits per heavy atom. The Balaban J connectivity index is 1.98. The number of hydrogen-bond acceptors (Lipinski definition) is 4. The summed E-state index contributed by atoms with van der Waals surface area (Å²) in [6.45, 7) is 2.06. The van der Waals surface area contributed by atoms with E-state index in [1.54, 1.807) is 0 Å². The van der Waals surface area contributed by atoms with Crippen molar-refractivity contribution in [1.82, 2.24) is 0 Å². The van der Waals surface area contributed by atoms with E-state index in [-0.39, 0.29) is 17.4 Å². The third-order valence-electron chi connectivity index (χ3n) is 4.23. The summed E-state index contributed by atoms with van der Waals surface area (Å²) in [7, 11) is -2.97. The molecule has 1 aliphatic carbocycles. The van der Waals surface area contributed by atoms with E-state index in [4.69, 9.17) is 10.5 Å². The predicted molar refractivity (Wildman–Crippen MR) is 85.2 cm³/mol. The van der Waals surface area contributed by atoms with E-state index in [2.05, 4.69) is 6.92 Å². The van der Waals surface area contributed by atoms with Crippen molar-refractivity contribution in [2.24, 2.45) is 5.73 Å². The average molecular weight is 311 g/mol. The summed E-state index contributed by atoms with van der Waals surface area (Å²) in [5.74, 6) is 0.793. The molecular weight excluding hydrogens is 286 g/mol. The number of rotatable bonds is 5. The maximum absolute atomic E-state index is 11.7.